The summed E-state index contributed by atoms with van der Waals surface area (Å²) >= 11 is 0. The second-order valence-corrected chi connectivity index (χ2v) is 6.95. The Morgan fingerprint density at radius 2 is 1.63 bits per heavy atom. The molecule has 1 fully saturated rings. The van der Waals surface area contributed by atoms with Crippen LogP contribution < -0.4 is 0 Å². The first-order chi connectivity index (χ1) is 8.95. The highest BCUT2D eigenvalue weighted by molar-refractivity contribution is 4.77. The quantitative estimate of drug-likeness (QED) is 0.688. The average molecular weight is 268 g/mol. The fourth-order valence-electron chi connectivity index (χ4n) is 3.31. The standard InChI is InChI=1S/C17H36N2/c1-7-16(6)19(15(4)5)13-10-17-8-11-18(12-9-17)14(2)3/h14-17H,7-13H2,1-6H3. The Morgan fingerprint density at radius 1 is 1.05 bits per heavy atom. The van der Waals surface area contributed by atoms with E-state index in [-0.39, 0.29) is 0 Å². The molecule has 114 valence electrons. The number of hydrogen-bond donors (Lipinski definition) is 0. The van der Waals surface area contributed by atoms with Gasteiger partial charge < -0.3 is 4.90 Å². The van der Waals surface area contributed by atoms with Crippen LogP contribution in [0, 0.1) is 5.92 Å². The van der Waals surface area contributed by atoms with Gasteiger partial charge in [0.25, 0.3) is 0 Å². The minimum atomic E-state index is 0.686. The van der Waals surface area contributed by atoms with Gasteiger partial charge in [-0.2, -0.15) is 0 Å². The maximum Gasteiger partial charge on any atom is 0.00670 e. The highest BCUT2D eigenvalue weighted by Crippen LogP contribution is 2.23. The second-order valence-electron chi connectivity index (χ2n) is 6.95. The number of nitrogens with zero attached hydrogens (tertiary/aromatic N) is 2. The molecule has 0 bridgehead atoms. The predicted octanol–water partition coefficient (Wildman–Crippen LogP) is 4.01. The summed E-state index contributed by atoms with van der Waals surface area (Å²) in [5.41, 5.74) is 0. The first kappa shape index (κ1) is 17.0. The minimum absolute atomic E-state index is 0.686. The molecule has 1 heterocycles. The van der Waals surface area contributed by atoms with E-state index in [1.807, 2.05) is 0 Å². The molecule has 1 unspecified atom stereocenters. The smallest absolute Gasteiger partial charge is 0.00670 e. The van der Waals surface area contributed by atoms with Gasteiger partial charge in [-0.1, -0.05) is 6.92 Å². The van der Waals surface area contributed by atoms with Gasteiger partial charge in [-0.3, -0.25) is 4.90 Å². The normalized spacial score (nSPS) is 20.7. The van der Waals surface area contributed by atoms with Crippen LogP contribution in [0.4, 0.5) is 0 Å². The van der Waals surface area contributed by atoms with E-state index in [0.717, 1.165) is 18.0 Å². The van der Waals surface area contributed by atoms with Crippen molar-refractivity contribution in [2.75, 3.05) is 19.6 Å². The molecule has 0 aromatic heterocycles. The summed E-state index contributed by atoms with van der Waals surface area (Å²) < 4.78 is 0. The monoisotopic (exact) mass is 268 g/mol. The zero-order valence-electron chi connectivity index (χ0n) is 14.2. The molecule has 2 nitrogen and oxygen atoms in total. The minimum Gasteiger partial charge on any atom is -0.301 e. The van der Waals surface area contributed by atoms with Gasteiger partial charge in [0.15, 0.2) is 0 Å². The molecular weight excluding hydrogens is 232 g/mol. The van der Waals surface area contributed by atoms with Gasteiger partial charge in [0.1, 0.15) is 0 Å². The van der Waals surface area contributed by atoms with E-state index in [0.29, 0.717) is 6.04 Å². The van der Waals surface area contributed by atoms with Crippen LogP contribution in [0.25, 0.3) is 0 Å². The Labute approximate surface area is 121 Å². The van der Waals surface area contributed by atoms with Crippen molar-refractivity contribution in [1.82, 2.24) is 9.80 Å². The van der Waals surface area contributed by atoms with Gasteiger partial charge in [-0.25, -0.2) is 0 Å². The van der Waals surface area contributed by atoms with Crippen LogP contribution in [-0.4, -0.2) is 47.6 Å². The molecule has 1 atom stereocenters. The number of likely N-dealkylation sites (tertiary alicyclic amines) is 1. The van der Waals surface area contributed by atoms with Gasteiger partial charge in [0, 0.05) is 18.1 Å². The highest BCUT2D eigenvalue weighted by Gasteiger charge is 2.22. The Hall–Kier alpha value is -0.0800. The second kappa shape index (κ2) is 8.26. The maximum atomic E-state index is 2.69. The molecule has 0 saturated carbocycles. The van der Waals surface area contributed by atoms with Gasteiger partial charge in [0.2, 0.25) is 0 Å². The largest absolute Gasteiger partial charge is 0.301 e. The zero-order chi connectivity index (χ0) is 14.4. The molecule has 0 N–H and O–H groups in total. The molecule has 1 aliphatic rings. The van der Waals surface area contributed by atoms with Crippen LogP contribution in [0.15, 0.2) is 0 Å². The summed E-state index contributed by atoms with van der Waals surface area (Å²) in [4.78, 5) is 5.32. The van der Waals surface area contributed by atoms with E-state index >= 15 is 0 Å². The lowest BCUT2D eigenvalue weighted by molar-refractivity contribution is 0.115. The van der Waals surface area contributed by atoms with Crippen molar-refractivity contribution in [1.29, 1.82) is 0 Å². The van der Waals surface area contributed by atoms with E-state index in [4.69, 9.17) is 0 Å². The van der Waals surface area contributed by atoms with Gasteiger partial charge in [-0.05, 0) is 85.9 Å². The number of hydrogen-bond acceptors (Lipinski definition) is 2. The van der Waals surface area contributed by atoms with E-state index < -0.39 is 0 Å². The van der Waals surface area contributed by atoms with Crippen LogP contribution in [-0.2, 0) is 0 Å². The molecule has 1 aliphatic heterocycles. The lowest BCUT2D eigenvalue weighted by atomic mass is 9.92. The molecule has 2 heteroatoms. The summed E-state index contributed by atoms with van der Waals surface area (Å²) in [5.74, 6) is 0.959. The van der Waals surface area contributed by atoms with Crippen LogP contribution in [0.3, 0.4) is 0 Å². The predicted molar refractivity (Wildman–Crippen MR) is 85.6 cm³/mol. The van der Waals surface area contributed by atoms with E-state index in [1.54, 1.807) is 0 Å². The van der Waals surface area contributed by atoms with Crippen LogP contribution in [0.2, 0.25) is 0 Å². The maximum absolute atomic E-state index is 2.69. The summed E-state index contributed by atoms with van der Waals surface area (Å²) in [6.45, 7) is 17.9. The molecule has 0 spiro atoms. The molecule has 19 heavy (non-hydrogen) atoms. The van der Waals surface area contributed by atoms with E-state index in [9.17, 15) is 0 Å². The molecule has 0 aromatic carbocycles. The Morgan fingerprint density at radius 3 is 2.05 bits per heavy atom. The van der Waals surface area contributed by atoms with E-state index in [2.05, 4.69) is 51.3 Å². The van der Waals surface area contributed by atoms with Crippen molar-refractivity contribution in [3.63, 3.8) is 0 Å². The first-order valence-corrected chi connectivity index (χ1v) is 8.45. The molecule has 0 amide bonds. The summed E-state index contributed by atoms with van der Waals surface area (Å²) in [6.07, 6.45) is 5.48. The van der Waals surface area contributed by atoms with E-state index in [1.165, 1.54) is 45.3 Å². The van der Waals surface area contributed by atoms with Crippen LogP contribution in [0.5, 0.6) is 0 Å². The molecule has 1 rings (SSSR count). The SMILES string of the molecule is CCC(C)N(CCC1CCN(C(C)C)CC1)C(C)C. The lowest BCUT2D eigenvalue weighted by Gasteiger charge is -2.37. The van der Waals surface area contributed by atoms with Gasteiger partial charge in [-0.15, -0.1) is 0 Å². The summed E-state index contributed by atoms with van der Waals surface area (Å²) in [7, 11) is 0. The zero-order valence-corrected chi connectivity index (χ0v) is 14.2. The van der Waals surface area contributed by atoms with Crippen molar-refractivity contribution >= 4 is 0 Å². The first-order valence-electron chi connectivity index (χ1n) is 8.45. The van der Waals surface area contributed by atoms with Crippen LogP contribution in [0.1, 0.15) is 67.2 Å². The average Bonchev–Trinajstić information content (AvgIpc) is 2.38. The topological polar surface area (TPSA) is 6.48 Å². The highest BCUT2D eigenvalue weighted by atomic mass is 15.2. The van der Waals surface area contributed by atoms with Crippen molar-refractivity contribution in [3.05, 3.63) is 0 Å². The Kier molecular flexibility index (Phi) is 7.38. The molecule has 1 saturated heterocycles. The summed E-state index contributed by atoms with van der Waals surface area (Å²) in [6, 6.07) is 2.15. The van der Waals surface area contributed by atoms with Crippen molar-refractivity contribution in [2.24, 2.45) is 5.92 Å². The summed E-state index contributed by atoms with van der Waals surface area (Å²) in [5, 5.41) is 0. The third-order valence-electron chi connectivity index (χ3n) is 5.00. The lowest BCUT2D eigenvalue weighted by Crippen LogP contribution is -2.42. The van der Waals surface area contributed by atoms with Crippen molar-refractivity contribution in [3.8, 4) is 0 Å². The Balaban J connectivity index is 2.32. The van der Waals surface area contributed by atoms with Crippen molar-refractivity contribution < 1.29 is 0 Å². The molecule has 0 radical (unpaired) electrons. The molecule has 0 aliphatic carbocycles. The van der Waals surface area contributed by atoms with Crippen molar-refractivity contribution in [2.45, 2.75) is 85.4 Å². The Bertz CT molecular complexity index is 229. The van der Waals surface area contributed by atoms with Gasteiger partial charge >= 0.3 is 0 Å². The third-order valence-corrected chi connectivity index (χ3v) is 5.00. The fourth-order valence-corrected chi connectivity index (χ4v) is 3.31. The number of rotatable bonds is 7. The third kappa shape index (κ3) is 5.43. The van der Waals surface area contributed by atoms with Crippen LogP contribution >= 0.6 is 0 Å². The number of piperidine rings is 1. The molecule has 0 aromatic rings. The molecular formula is C17H36N2. The fraction of sp³-hybridized carbons (Fsp3) is 1.00. The van der Waals surface area contributed by atoms with Gasteiger partial charge in [0.05, 0.1) is 0 Å².